The van der Waals surface area contributed by atoms with Crippen LogP contribution in [-0.4, -0.2) is 18.3 Å². The Morgan fingerprint density at radius 2 is 1.79 bits per heavy atom. The molecule has 2 aromatic carbocycles. The zero-order valence-electron chi connectivity index (χ0n) is 20.8. The monoisotopic (exact) mass is 460 g/mol. The first-order valence-corrected chi connectivity index (χ1v) is 12.5. The number of nitrogens with zero attached hydrogens (tertiary/aromatic N) is 1. The van der Waals surface area contributed by atoms with E-state index in [4.69, 9.17) is 4.74 Å². The van der Waals surface area contributed by atoms with Crippen LogP contribution >= 0.6 is 0 Å². The van der Waals surface area contributed by atoms with Crippen molar-refractivity contribution in [3.05, 3.63) is 65.4 Å². The predicted molar refractivity (Wildman–Crippen MR) is 137 cm³/mol. The van der Waals surface area contributed by atoms with Crippen LogP contribution in [0.15, 0.2) is 59.8 Å². The van der Waals surface area contributed by atoms with E-state index in [2.05, 4.69) is 26.1 Å². The second kappa shape index (κ2) is 10.0. The van der Waals surface area contributed by atoms with Gasteiger partial charge >= 0.3 is 0 Å². The lowest BCUT2D eigenvalue weighted by atomic mass is 9.73. The molecule has 180 valence electrons. The second-order valence-electron chi connectivity index (χ2n) is 10.1. The molecule has 5 nitrogen and oxygen atoms in total. The SMILES string of the molecule is CCCCCC(=O)N1c2ccccc2NC2=C(C(=O)CC(C)(C)C2)[C@H]1c1ccccc1OCC. The first-order valence-electron chi connectivity index (χ1n) is 12.5. The topological polar surface area (TPSA) is 58.6 Å². The molecule has 1 atom stereocenters. The van der Waals surface area contributed by atoms with Gasteiger partial charge in [-0.05, 0) is 43.4 Å². The quantitative estimate of drug-likeness (QED) is 0.461. The standard InChI is InChI=1S/C29H36N2O3/c1-5-7-8-17-26(33)31-23-15-11-10-14-21(23)30-22-18-29(3,4)19-24(32)27(22)28(31)20-13-9-12-16-25(20)34-6-2/h9-16,28,30H,5-8,17-19H2,1-4H3/t28-/m1/s1. The number of benzene rings is 2. The average Bonchev–Trinajstić information content (AvgIpc) is 2.93. The number of nitrogens with one attached hydrogen (secondary N) is 1. The van der Waals surface area contributed by atoms with Crippen molar-refractivity contribution in [1.82, 2.24) is 0 Å². The minimum Gasteiger partial charge on any atom is -0.494 e. The number of hydrogen-bond donors (Lipinski definition) is 1. The Kier molecular flexibility index (Phi) is 7.11. The number of para-hydroxylation sites is 3. The maximum atomic E-state index is 13.9. The second-order valence-corrected chi connectivity index (χ2v) is 10.1. The fourth-order valence-electron chi connectivity index (χ4n) is 5.20. The van der Waals surface area contributed by atoms with E-state index in [9.17, 15) is 9.59 Å². The van der Waals surface area contributed by atoms with Crippen LogP contribution in [0.1, 0.15) is 77.8 Å². The van der Waals surface area contributed by atoms with Gasteiger partial charge in [-0.1, -0.05) is 63.9 Å². The van der Waals surface area contributed by atoms with Crippen molar-refractivity contribution < 1.29 is 14.3 Å². The van der Waals surface area contributed by atoms with Gasteiger partial charge in [-0.3, -0.25) is 14.5 Å². The molecule has 0 fully saturated rings. The summed E-state index contributed by atoms with van der Waals surface area (Å²) in [6, 6.07) is 15.2. The molecule has 1 aliphatic heterocycles. The van der Waals surface area contributed by atoms with E-state index in [1.165, 1.54) is 0 Å². The molecule has 5 heteroatoms. The fourth-order valence-corrected chi connectivity index (χ4v) is 5.20. The Morgan fingerprint density at radius 1 is 1.06 bits per heavy atom. The minimum absolute atomic E-state index is 0.0328. The number of carbonyl (C=O) groups excluding carboxylic acids is 2. The molecule has 0 aromatic heterocycles. The number of unbranched alkanes of at least 4 members (excludes halogenated alkanes) is 2. The number of Topliss-reactive ketones (excluding diaryl/α,β-unsaturated/α-hetero) is 1. The normalized spacial score (nSPS) is 19.1. The Labute approximate surface area is 203 Å². The van der Waals surface area contributed by atoms with Crippen LogP contribution in [0, 0.1) is 5.41 Å². The summed E-state index contributed by atoms with van der Waals surface area (Å²) in [5.41, 5.74) is 3.97. The van der Waals surface area contributed by atoms with Crippen molar-refractivity contribution in [2.24, 2.45) is 5.41 Å². The highest BCUT2D eigenvalue weighted by Crippen LogP contribution is 2.49. The summed E-state index contributed by atoms with van der Waals surface area (Å²) in [5, 5.41) is 3.57. The number of carbonyl (C=O) groups is 2. The largest absolute Gasteiger partial charge is 0.494 e. The number of fused-ring (bicyclic) bond motifs is 1. The van der Waals surface area contributed by atoms with Gasteiger partial charge in [-0.2, -0.15) is 0 Å². The highest BCUT2D eigenvalue weighted by molar-refractivity contribution is 6.06. The minimum atomic E-state index is -0.536. The van der Waals surface area contributed by atoms with Gasteiger partial charge in [0, 0.05) is 29.7 Å². The van der Waals surface area contributed by atoms with Crippen molar-refractivity contribution in [1.29, 1.82) is 0 Å². The molecule has 0 bridgehead atoms. The number of hydrogen-bond acceptors (Lipinski definition) is 4. The van der Waals surface area contributed by atoms with E-state index in [1.54, 1.807) is 0 Å². The predicted octanol–water partition coefficient (Wildman–Crippen LogP) is 6.81. The third-order valence-electron chi connectivity index (χ3n) is 6.68. The van der Waals surface area contributed by atoms with E-state index in [-0.39, 0.29) is 17.1 Å². The summed E-state index contributed by atoms with van der Waals surface area (Å²) >= 11 is 0. The zero-order chi connectivity index (χ0) is 24.3. The first kappa shape index (κ1) is 24.1. The molecule has 1 heterocycles. The van der Waals surface area contributed by atoms with Gasteiger partial charge in [0.15, 0.2) is 5.78 Å². The lowest BCUT2D eigenvalue weighted by molar-refractivity contribution is -0.119. The molecule has 4 rings (SSSR count). The maximum Gasteiger partial charge on any atom is 0.227 e. The first-order chi connectivity index (χ1) is 16.4. The Bertz CT molecular complexity index is 1100. The van der Waals surface area contributed by atoms with Crippen LogP contribution in [0.25, 0.3) is 0 Å². The third kappa shape index (κ3) is 4.75. The number of ketones is 1. The maximum absolute atomic E-state index is 13.9. The van der Waals surface area contributed by atoms with Crippen molar-refractivity contribution >= 4 is 23.1 Å². The van der Waals surface area contributed by atoms with E-state index >= 15 is 0 Å². The molecule has 34 heavy (non-hydrogen) atoms. The molecule has 0 unspecified atom stereocenters. The number of allylic oxidation sites excluding steroid dienone is 1. The van der Waals surface area contributed by atoms with Crippen LogP contribution in [-0.2, 0) is 9.59 Å². The van der Waals surface area contributed by atoms with Gasteiger partial charge in [0.25, 0.3) is 0 Å². The van der Waals surface area contributed by atoms with Gasteiger partial charge in [0.05, 0.1) is 24.0 Å². The zero-order valence-corrected chi connectivity index (χ0v) is 20.8. The smallest absolute Gasteiger partial charge is 0.227 e. The van der Waals surface area contributed by atoms with Crippen molar-refractivity contribution in [2.75, 3.05) is 16.8 Å². The molecule has 0 saturated carbocycles. The highest BCUT2D eigenvalue weighted by atomic mass is 16.5. The lowest BCUT2D eigenvalue weighted by Gasteiger charge is -2.37. The number of rotatable bonds is 7. The number of anilines is 2. The Balaban J connectivity index is 1.96. The van der Waals surface area contributed by atoms with E-state index in [0.717, 1.165) is 48.3 Å². The van der Waals surface area contributed by atoms with Crippen molar-refractivity contribution in [2.45, 2.75) is 72.3 Å². The molecule has 2 aromatic rings. The molecule has 2 aliphatic rings. The van der Waals surface area contributed by atoms with Gasteiger partial charge in [-0.25, -0.2) is 0 Å². The molecule has 0 radical (unpaired) electrons. The van der Waals surface area contributed by atoms with Gasteiger partial charge in [-0.15, -0.1) is 0 Å². The Hall–Kier alpha value is -3.08. The van der Waals surface area contributed by atoms with E-state index < -0.39 is 6.04 Å². The molecular weight excluding hydrogens is 424 g/mol. The van der Waals surface area contributed by atoms with Gasteiger partial charge < -0.3 is 10.1 Å². The van der Waals surface area contributed by atoms with Crippen molar-refractivity contribution in [3.8, 4) is 5.75 Å². The van der Waals surface area contributed by atoms with Crippen LogP contribution < -0.4 is 15.0 Å². The van der Waals surface area contributed by atoms with E-state index in [1.807, 2.05) is 60.4 Å². The lowest BCUT2D eigenvalue weighted by Crippen LogP contribution is -2.39. The third-order valence-corrected chi connectivity index (χ3v) is 6.68. The highest BCUT2D eigenvalue weighted by Gasteiger charge is 2.43. The van der Waals surface area contributed by atoms with Crippen LogP contribution in [0.5, 0.6) is 5.75 Å². The van der Waals surface area contributed by atoms with Crippen LogP contribution in [0.2, 0.25) is 0 Å². The summed E-state index contributed by atoms with van der Waals surface area (Å²) in [5.74, 6) is 0.838. The van der Waals surface area contributed by atoms with Crippen LogP contribution in [0.3, 0.4) is 0 Å². The molecule has 1 N–H and O–H groups in total. The molecule has 1 amide bonds. The average molecular weight is 461 g/mol. The van der Waals surface area contributed by atoms with Gasteiger partial charge in [0.2, 0.25) is 5.91 Å². The molecule has 0 saturated heterocycles. The van der Waals surface area contributed by atoms with Gasteiger partial charge in [0.1, 0.15) is 5.75 Å². The molecular formula is C29H36N2O3. The summed E-state index contributed by atoms with van der Waals surface area (Å²) in [7, 11) is 0. The van der Waals surface area contributed by atoms with E-state index in [0.29, 0.717) is 30.8 Å². The fraction of sp³-hybridized carbons (Fsp3) is 0.448. The number of ether oxygens (including phenoxy) is 1. The Morgan fingerprint density at radius 3 is 2.56 bits per heavy atom. The number of amides is 1. The molecule has 0 spiro atoms. The van der Waals surface area contributed by atoms with Crippen molar-refractivity contribution in [3.63, 3.8) is 0 Å². The summed E-state index contributed by atoms with van der Waals surface area (Å²) < 4.78 is 6.01. The van der Waals surface area contributed by atoms with Crippen LogP contribution in [0.4, 0.5) is 11.4 Å². The summed E-state index contributed by atoms with van der Waals surface area (Å²) in [4.78, 5) is 29.5. The summed E-state index contributed by atoms with van der Waals surface area (Å²) in [6.45, 7) is 8.85. The summed E-state index contributed by atoms with van der Waals surface area (Å²) in [6.07, 6.45) is 4.51. The molecule has 1 aliphatic carbocycles.